The van der Waals surface area contributed by atoms with E-state index in [4.69, 9.17) is 10.5 Å². The van der Waals surface area contributed by atoms with Crippen molar-refractivity contribution in [2.75, 3.05) is 18.6 Å². The normalized spacial score (nSPS) is 13.1. The number of nitrogens with two attached hydrogens (primary N) is 1. The molecule has 3 N–H and O–H groups in total. The van der Waals surface area contributed by atoms with E-state index in [9.17, 15) is 9.59 Å². The zero-order valence-corrected chi connectivity index (χ0v) is 15.5. The van der Waals surface area contributed by atoms with Crippen molar-refractivity contribution in [2.45, 2.75) is 12.8 Å². The highest BCUT2D eigenvalue weighted by Crippen LogP contribution is 2.29. The zero-order valence-electron chi connectivity index (χ0n) is 14.7. The van der Waals surface area contributed by atoms with Gasteiger partial charge in [0.2, 0.25) is 11.7 Å². The first-order chi connectivity index (χ1) is 13.0. The maximum atomic E-state index is 11.4. The number of fused-ring (bicyclic) bond motifs is 1. The molecule has 2 amide bonds. The number of nitrogens with one attached hydrogen (secondary N) is 1. The van der Waals surface area contributed by atoms with Crippen LogP contribution < -0.4 is 15.4 Å². The second kappa shape index (κ2) is 8.45. The molecule has 1 aliphatic rings. The van der Waals surface area contributed by atoms with Gasteiger partial charge in [0.1, 0.15) is 11.6 Å². The second-order valence-electron chi connectivity index (χ2n) is 5.75. The number of hydrogen-bond acceptors (Lipinski definition) is 6. The van der Waals surface area contributed by atoms with Gasteiger partial charge < -0.3 is 15.4 Å². The molecule has 3 heterocycles. The minimum Gasteiger partial charge on any atom is -0.491 e. The van der Waals surface area contributed by atoms with Crippen LogP contribution in [0.15, 0.2) is 41.8 Å². The number of carbonyl (C=O) groups is 2. The topological polar surface area (TPSA) is 114 Å². The molecule has 0 saturated heterocycles. The van der Waals surface area contributed by atoms with E-state index in [2.05, 4.69) is 15.2 Å². The molecule has 0 atom stereocenters. The van der Waals surface area contributed by atoms with Crippen LogP contribution >= 0.6 is 11.3 Å². The van der Waals surface area contributed by atoms with Crippen molar-refractivity contribution >= 4 is 28.8 Å². The third-order valence-corrected chi connectivity index (χ3v) is 4.72. The molecule has 8 nitrogen and oxygen atoms in total. The van der Waals surface area contributed by atoms with Crippen molar-refractivity contribution in [3.05, 3.63) is 58.3 Å². The van der Waals surface area contributed by atoms with Crippen LogP contribution in [0.25, 0.3) is 0 Å². The van der Waals surface area contributed by atoms with Gasteiger partial charge in [-0.2, -0.15) is 0 Å². The lowest BCUT2D eigenvalue weighted by Crippen LogP contribution is -2.24. The van der Waals surface area contributed by atoms with Gasteiger partial charge in [-0.1, -0.05) is 18.2 Å². The SMILES string of the molecule is CN1C(=O)CCOc2ccccc21.NC(=O)c1n[nH]c(Cc2cccs2)n1. The molecule has 1 aromatic carbocycles. The summed E-state index contributed by atoms with van der Waals surface area (Å²) < 4.78 is 5.43. The van der Waals surface area contributed by atoms with E-state index in [1.807, 2.05) is 41.8 Å². The van der Waals surface area contributed by atoms with Gasteiger partial charge in [-0.25, -0.2) is 4.98 Å². The highest BCUT2D eigenvalue weighted by Gasteiger charge is 2.18. The number of H-pyrrole nitrogens is 1. The predicted octanol–water partition coefficient (Wildman–Crippen LogP) is 1.99. The number of aromatic amines is 1. The van der Waals surface area contributed by atoms with Crippen LogP contribution in [-0.2, 0) is 11.2 Å². The number of aromatic nitrogens is 3. The summed E-state index contributed by atoms with van der Waals surface area (Å²) in [5, 5.41) is 8.35. The number of carbonyl (C=O) groups excluding carboxylic acids is 2. The highest BCUT2D eigenvalue weighted by molar-refractivity contribution is 7.09. The Morgan fingerprint density at radius 2 is 2.15 bits per heavy atom. The first-order valence-corrected chi connectivity index (χ1v) is 9.14. The molecule has 0 spiro atoms. The molecular weight excluding hydrogens is 366 g/mol. The van der Waals surface area contributed by atoms with Crippen LogP contribution in [0.2, 0.25) is 0 Å². The number of para-hydroxylation sites is 2. The molecular formula is C18H19N5O3S. The largest absolute Gasteiger partial charge is 0.491 e. The Kier molecular flexibility index (Phi) is 5.82. The maximum Gasteiger partial charge on any atom is 0.288 e. The van der Waals surface area contributed by atoms with Gasteiger partial charge in [0.05, 0.1) is 18.7 Å². The average Bonchev–Trinajstić information content (AvgIpc) is 3.32. The standard InChI is InChI=1S/C10H11NO2.C8H8N4OS/c1-11-8-4-2-3-5-9(8)13-7-6-10(11)12;9-7(13)8-10-6(11-12-8)4-5-2-1-3-14-5/h2-5H,6-7H2,1H3;1-3H,4H2,(H2,9,13)(H,10,11,12). The Morgan fingerprint density at radius 3 is 2.85 bits per heavy atom. The predicted molar refractivity (Wildman–Crippen MR) is 102 cm³/mol. The maximum absolute atomic E-state index is 11.4. The Morgan fingerprint density at radius 1 is 1.33 bits per heavy atom. The number of anilines is 1. The molecule has 140 valence electrons. The fourth-order valence-corrected chi connectivity index (χ4v) is 3.18. The van der Waals surface area contributed by atoms with Crippen LogP contribution in [-0.4, -0.2) is 40.7 Å². The number of amides is 2. The number of hydrogen-bond donors (Lipinski definition) is 2. The van der Waals surface area contributed by atoms with Gasteiger partial charge in [0.15, 0.2) is 0 Å². The summed E-state index contributed by atoms with van der Waals surface area (Å²) in [6.07, 6.45) is 1.10. The summed E-state index contributed by atoms with van der Waals surface area (Å²) in [6.45, 7) is 0.472. The van der Waals surface area contributed by atoms with Crippen molar-refractivity contribution in [2.24, 2.45) is 5.73 Å². The van der Waals surface area contributed by atoms with Crippen molar-refractivity contribution in [1.29, 1.82) is 0 Å². The van der Waals surface area contributed by atoms with Gasteiger partial charge in [0, 0.05) is 18.3 Å². The summed E-state index contributed by atoms with van der Waals surface area (Å²) in [4.78, 5) is 28.9. The Hall–Kier alpha value is -3.20. The molecule has 1 aliphatic heterocycles. The lowest BCUT2D eigenvalue weighted by atomic mass is 10.2. The van der Waals surface area contributed by atoms with Gasteiger partial charge in [-0.15, -0.1) is 16.4 Å². The van der Waals surface area contributed by atoms with Crippen LogP contribution in [0.4, 0.5) is 5.69 Å². The van der Waals surface area contributed by atoms with Gasteiger partial charge >= 0.3 is 0 Å². The lowest BCUT2D eigenvalue weighted by molar-refractivity contribution is -0.118. The number of ether oxygens (including phenoxy) is 1. The third-order valence-electron chi connectivity index (χ3n) is 3.85. The van der Waals surface area contributed by atoms with Crippen molar-refractivity contribution in [3.8, 4) is 5.75 Å². The number of thiophene rings is 1. The lowest BCUT2D eigenvalue weighted by Gasteiger charge is -2.15. The summed E-state index contributed by atoms with van der Waals surface area (Å²) in [5.41, 5.74) is 5.87. The Labute approximate surface area is 160 Å². The van der Waals surface area contributed by atoms with Crippen LogP contribution in [0.3, 0.4) is 0 Å². The van der Waals surface area contributed by atoms with Crippen LogP contribution in [0.1, 0.15) is 27.7 Å². The van der Waals surface area contributed by atoms with Crippen molar-refractivity contribution < 1.29 is 14.3 Å². The Balaban J connectivity index is 0.000000156. The molecule has 27 heavy (non-hydrogen) atoms. The van der Waals surface area contributed by atoms with E-state index in [0.29, 0.717) is 25.3 Å². The molecule has 0 radical (unpaired) electrons. The minimum atomic E-state index is -0.612. The van der Waals surface area contributed by atoms with Gasteiger partial charge in [-0.05, 0) is 23.6 Å². The third kappa shape index (κ3) is 4.70. The molecule has 0 unspecified atom stereocenters. The minimum absolute atomic E-state index is 0.0385. The average molecular weight is 385 g/mol. The number of benzene rings is 1. The van der Waals surface area contributed by atoms with E-state index in [-0.39, 0.29) is 11.7 Å². The first-order valence-electron chi connectivity index (χ1n) is 8.26. The molecule has 9 heteroatoms. The molecule has 2 aromatic heterocycles. The molecule has 4 rings (SSSR count). The fraction of sp³-hybridized carbons (Fsp3) is 0.222. The number of primary amides is 1. The summed E-state index contributed by atoms with van der Waals surface area (Å²) >= 11 is 1.63. The van der Waals surface area contributed by atoms with E-state index < -0.39 is 5.91 Å². The smallest absolute Gasteiger partial charge is 0.288 e. The monoisotopic (exact) mass is 385 g/mol. The molecule has 0 bridgehead atoms. The van der Waals surface area contributed by atoms with E-state index in [1.165, 1.54) is 0 Å². The number of nitrogens with zero attached hydrogens (tertiary/aromatic N) is 3. The Bertz CT molecular complexity index is 923. The fourth-order valence-electron chi connectivity index (χ4n) is 2.47. The molecule has 0 aliphatic carbocycles. The molecule has 3 aromatic rings. The zero-order chi connectivity index (χ0) is 19.2. The molecule has 0 fully saturated rings. The van der Waals surface area contributed by atoms with Gasteiger partial charge in [0.25, 0.3) is 5.91 Å². The second-order valence-corrected chi connectivity index (χ2v) is 6.78. The van der Waals surface area contributed by atoms with E-state index >= 15 is 0 Å². The summed E-state index contributed by atoms with van der Waals surface area (Å²) in [7, 11) is 1.77. The summed E-state index contributed by atoms with van der Waals surface area (Å²) in [6, 6.07) is 11.5. The molecule has 0 saturated carbocycles. The number of rotatable bonds is 3. The van der Waals surface area contributed by atoms with Gasteiger partial charge in [-0.3, -0.25) is 14.7 Å². The first kappa shape index (κ1) is 18.6. The van der Waals surface area contributed by atoms with Crippen molar-refractivity contribution in [3.63, 3.8) is 0 Å². The highest BCUT2D eigenvalue weighted by atomic mass is 32.1. The van der Waals surface area contributed by atoms with Crippen molar-refractivity contribution in [1.82, 2.24) is 15.2 Å². The van der Waals surface area contributed by atoms with Crippen LogP contribution in [0, 0.1) is 0 Å². The van der Waals surface area contributed by atoms with E-state index in [1.54, 1.807) is 23.3 Å². The van der Waals surface area contributed by atoms with E-state index in [0.717, 1.165) is 16.3 Å². The quantitative estimate of drug-likeness (QED) is 0.716. The van der Waals surface area contributed by atoms with Crippen LogP contribution in [0.5, 0.6) is 5.75 Å². The summed E-state index contributed by atoms with van der Waals surface area (Å²) in [5.74, 6) is 0.970.